The number of likely N-dealkylation sites (tertiary alicyclic amines) is 1. The Morgan fingerprint density at radius 2 is 1.85 bits per heavy atom. The highest BCUT2D eigenvalue weighted by Crippen LogP contribution is 2.28. The van der Waals surface area contributed by atoms with Crippen molar-refractivity contribution in [2.75, 3.05) is 26.7 Å². The molecule has 0 aromatic carbocycles. The van der Waals surface area contributed by atoms with Gasteiger partial charge in [0.25, 0.3) is 0 Å². The molecule has 1 saturated heterocycles. The molecule has 1 aliphatic heterocycles. The van der Waals surface area contributed by atoms with E-state index in [1.807, 2.05) is 7.11 Å². The highest BCUT2D eigenvalue weighted by Gasteiger charge is 2.24. The Morgan fingerprint density at radius 3 is 2.31 bits per heavy atom. The van der Waals surface area contributed by atoms with Gasteiger partial charge in [-0.05, 0) is 31.6 Å². The van der Waals surface area contributed by atoms with Gasteiger partial charge in [-0.25, -0.2) is 0 Å². The highest BCUT2D eigenvalue weighted by atomic mass is 16.5. The molecule has 0 unspecified atom stereocenters. The summed E-state index contributed by atoms with van der Waals surface area (Å²) in [5.74, 6) is 1.03. The second-order valence-corrected chi connectivity index (χ2v) is 4.53. The first-order valence-electron chi connectivity index (χ1n) is 5.63. The Hall–Kier alpha value is -0.0800. The number of piperidine rings is 1. The van der Waals surface area contributed by atoms with Crippen LogP contribution in [0.2, 0.25) is 0 Å². The molecule has 0 aromatic heterocycles. The first kappa shape index (κ1) is 9.47. The Labute approximate surface area is 81.3 Å². The van der Waals surface area contributed by atoms with Gasteiger partial charge < -0.3 is 9.64 Å². The predicted octanol–water partition coefficient (Wildman–Crippen LogP) is 1.90. The van der Waals surface area contributed by atoms with Crippen molar-refractivity contribution >= 4 is 0 Å². The Balaban J connectivity index is 1.65. The van der Waals surface area contributed by atoms with Gasteiger partial charge in [0.2, 0.25) is 0 Å². The Morgan fingerprint density at radius 1 is 1.15 bits per heavy atom. The summed E-state index contributed by atoms with van der Waals surface area (Å²) in [4.78, 5) is 2.62. The quantitative estimate of drug-likeness (QED) is 0.662. The van der Waals surface area contributed by atoms with Gasteiger partial charge in [-0.2, -0.15) is 0 Å². The molecule has 0 N–H and O–H groups in total. The largest absolute Gasteiger partial charge is 0.381 e. The summed E-state index contributed by atoms with van der Waals surface area (Å²) in [7, 11) is 1.84. The number of nitrogens with zero attached hydrogens (tertiary/aromatic N) is 1. The van der Waals surface area contributed by atoms with Crippen LogP contribution in [0, 0.1) is 5.92 Å². The zero-order chi connectivity index (χ0) is 9.10. The normalized spacial score (nSPS) is 27.5. The van der Waals surface area contributed by atoms with E-state index in [1.165, 1.54) is 51.7 Å². The maximum atomic E-state index is 5.36. The van der Waals surface area contributed by atoms with Crippen molar-refractivity contribution < 1.29 is 4.74 Å². The molecule has 2 rings (SSSR count). The average molecular weight is 183 g/mol. The van der Waals surface area contributed by atoms with Crippen molar-refractivity contribution in [3.05, 3.63) is 0 Å². The number of methoxy groups -OCH3 is 1. The molecule has 0 aromatic rings. The van der Waals surface area contributed by atoms with Crippen molar-refractivity contribution in [3.8, 4) is 0 Å². The van der Waals surface area contributed by atoms with E-state index in [4.69, 9.17) is 4.74 Å². The Kier molecular flexibility index (Phi) is 3.23. The minimum Gasteiger partial charge on any atom is -0.381 e. The van der Waals surface area contributed by atoms with Crippen LogP contribution in [0.1, 0.15) is 32.1 Å². The highest BCUT2D eigenvalue weighted by molar-refractivity contribution is 4.78. The molecule has 1 heterocycles. The van der Waals surface area contributed by atoms with Crippen molar-refractivity contribution in [2.24, 2.45) is 5.92 Å². The number of hydrogen-bond donors (Lipinski definition) is 0. The van der Waals surface area contributed by atoms with Gasteiger partial charge in [0.05, 0.1) is 6.10 Å². The van der Waals surface area contributed by atoms with E-state index in [2.05, 4.69) is 4.90 Å². The first-order valence-corrected chi connectivity index (χ1v) is 5.63. The van der Waals surface area contributed by atoms with Crippen molar-refractivity contribution in [1.82, 2.24) is 4.90 Å². The SMILES string of the molecule is COC1CCN(CC2CCC2)CC1. The number of hydrogen-bond acceptors (Lipinski definition) is 2. The third-order valence-corrected chi connectivity index (χ3v) is 3.61. The van der Waals surface area contributed by atoms with Crippen molar-refractivity contribution in [1.29, 1.82) is 0 Å². The van der Waals surface area contributed by atoms with E-state index < -0.39 is 0 Å². The van der Waals surface area contributed by atoms with Crippen LogP contribution in [0.5, 0.6) is 0 Å². The topological polar surface area (TPSA) is 12.5 Å². The molecule has 2 nitrogen and oxygen atoms in total. The maximum absolute atomic E-state index is 5.36. The second kappa shape index (κ2) is 4.43. The first-order chi connectivity index (χ1) is 6.38. The fourth-order valence-corrected chi connectivity index (χ4v) is 2.37. The van der Waals surface area contributed by atoms with E-state index in [1.54, 1.807) is 0 Å². The molecule has 2 aliphatic rings. The molecule has 2 heteroatoms. The third kappa shape index (κ3) is 2.44. The van der Waals surface area contributed by atoms with Crippen molar-refractivity contribution in [3.63, 3.8) is 0 Å². The molecule has 0 radical (unpaired) electrons. The molecule has 0 spiro atoms. The molecule has 76 valence electrons. The molecular weight excluding hydrogens is 162 g/mol. The molecule has 13 heavy (non-hydrogen) atoms. The summed E-state index contributed by atoms with van der Waals surface area (Å²) < 4.78 is 5.36. The molecule has 1 aliphatic carbocycles. The fourth-order valence-electron chi connectivity index (χ4n) is 2.37. The van der Waals surface area contributed by atoms with Crippen LogP contribution >= 0.6 is 0 Å². The summed E-state index contributed by atoms with van der Waals surface area (Å²) in [6.45, 7) is 3.88. The zero-order valence-electron chi connectivity index (χ0n) is 8.67. The van der Waals surface area contributed by atoms with Gasteiger partial charge in [0.15, 0.2) is 0 Å². The summed E-state index contributed by atoms with van der Waals surface area (Å²) in [5.41, 5.74) is 0. The average Bonchev–Trinajstić information content (AvgIpc) is 2.12. The number of ether oxygens (including phenoxy) is 1. The van der Waals surface area contributed by atoms with E-state index in [9.17, 15) is 0 Å². The lowest BCUT2D eigenvalue weighted by Gasteiger charge is -2.36. The monoisotopic (exact) mass is 183 g/mol. The predicted molar refractivity (Wildman–Crippen MR) is 53.8 cm³/mol. The Bertz CT molecular complexity index is 148. The van der Waals surface area contributed by atoms with Crippen LogP contribution in [0.4, 0.5) is 0 Å². The van der Waals surface area contributed by atoms with Gasteiger partial charge >= 0.3 is 0 Å². The summed E-state index contributed by atoms with van der Waals surface area (Å²) in [5, 5.41) is 0. The van der Waals surface area contributed by atoms with E-state index >= 15 is 0 Å². The number of rotatable bonds is 3. The molecule has 0 atom stereocenters. The van der Waals surface area contributed by atoms with Gasteiger partial charge in [0.1, 0.15) is 0 Å². The molecule has 2 fully saturated rings. The molecule has 0 bridgehead atoms. The lowest BCUT2D eigenvalue weighted by Crippen LogP contribution is -2.40. The summed E-state index contributed by atoms with van der Waals surface area (Å²) in [6.07, 6.45) is 7.44. The standard InChI is InChI=1S/C11H21NO/c1-13-11-5-7-12(8-6-11)9-10-3-2-4-10/h10-11H,2-9H2,1H3. The third-order valence-electron chi connectivity index (χ3n) is 3.61. The smallest absolute Gasteiger partial charge is 0.0595 e. The molecule has 0 amide bonds. The van der Waals surface area contributed by atoms with Crippen LogP contribution < -0.4 is 0 Å². The van der Waals surface area contributed by atoms with Crippen LogP contribution in [0.25, 0.3) is 0 Å². The van der Waals surface area contributed by atoms with Gasteiger partial charge in [-0.1, -0.05) is 6.42 Å². The summed E-state index contributed by atoms with van der Waals surface area (Å²) in [6, 6.07) is 0. The van der Waals surface area contributed by atoms with Crippen LogP contribution in [0.3, 0.4) is 0 Å². The van der Waals surface area contributed by atoms with E-state index in [0.717, 1.165) is 5.92 Å². The van der Waals surface area contributed by atoms with E-state index in [-0.39, 0.29) is 0 Å². The maximum Gasteiger partial charge on any atom is 0.0595 e. The lowest BCUT2D eigenvalue weighted by molar-refractivity contribution is 0.0320. The van der Waals surface area contributed by atoms with Crippen LogP contribution in [-0.2, 0) is 4.74 Å². The molecule has 1 saturated carbocycles. The van der Waals surface area contributed by atoms with Crippen molar-refractivity contribution in [2.45, 2.75) is 38.2 Å². The lowest BCUT2D eigenvalue weighted by atomic mass is 9.85. The summed E-state index contributed by atoms with van der Waals surface area (Å²) >= 11 is 0. The zero-order valence-corrected chi connectivity index (χ0v) is 8.67. The van der Waals surface area contributed by atoms with Crippen LogP contribution in [-0.4, -0.2) is 37.7 Å². The fraction of sp³-hybridized carbons (Fsp3) is 1.00. The van der Waals surface area contributed by atoms with E-state index in [0.29, 0.717) is 6.10 Å². The minimum atomic E-state index is 0.539. The molecular formula is C11H21NO. The minimum absolute atomic E-state index is 0.539. The van der Waals surface area contributed by atoms with Crippen LogP contribution in [0.15, 0.2) is 0 Å². The van der Waals surface area contributed by atoms with Gasteiger partial charge in [-0.15, -0.1) is 0 Å². The second-order valence-electron chi connectivity index (χ2n) is 4.53. The van der Waals surface area contributed by atoms with Gasteiger partial charge in [0, 0.05) is 26.7 Å². The van der Waals surface area contributed by atoms with Gasteiger partial charge in [-0.3, -0.25) is 0 Å².